The quantitative estimate of drug-likeness (QED) is 0.897. The number of hydrogen-bond acceptors (Lipinski definition) is 3. The minimum Gasteiger partial charge on any atom is -0.490 e. The summed E-state index contributed by atoms with van der Waals surface area (Å²) in [5, 5.41) is 3.45. The summed E-state index contributed by atoms with van der Waals surface area (Å²) in [6, 6.07) is 8.98. The molecule has 2 aliphatic rings. The standard InChI is InChI=1S/C18H27NO2/c1-14(2)19-13-15-5-3-6-16(11-15)21-17-7-10-20-18(12-17)8-4-9-18/h3,5-6,11,14,17,19H,4,7-10,12-13H2,1-2H3. The van der Waals surface area contributed by atoms with E-state index in [1.807, 2.05) is 0 Å². The Morgan fingerprint density at radius 1 is 1.38 bits per heavy atom. The molecule has 1 aromatic rings. The van der Waals surface area contributed by atoms with Gasteiger partial charge in [-0.15, -0.1) is 0 Å². The predicted molar refractivity (Wildman–Crippen MR) is 84.6 cm³/mol. The van der Waals surface area contributed by atoms with Crippen LogP contribution in [0.2, 0.25) is 0 Å². The largest absolute Gasteiger partial charge is 0.490 e. The van der Waals surface area contributed by atoms with Crippen LogP contribution >= 0.6 is 0 Å². The third-order valence-electron chi connectivity index (χ3n) is 4.63. The molecule has 1 spiro atoms. The Labute approximate surface area is 128 Å². The first-order valence-electron chi connectivity index (χ1n) is 8.28. The number of rotatable bonds is 5. The van der Waals surface area contributed by atoms with Gasteiger partial charge in [-0.2, -0.15) is 0 Å². The van der Waals surface area contributed by atoms with Gasteiger partial charge in [-0.25, -0.2) is 0 Å². The monoisotopic (exact) mass is 289 g/mol. The van der Waals surface area contributed by atoms with Crippen molar-refractivity contribution >= 4 is 0 Å². The number of ether oxygens (including phenoxy) is 2. The first-order chi connectivity index (χ1) is 10.2. The molecule has 1 heterocycles. The lowest BCUT2D eigenvalue weighted by molar-refractivity contribution is -0.153. The van der Waals surface area contributed by atoms with Gasteiger partial charge in [-0.1, -0.05) is 26.0 Å². The topological polar surface area (TPSA) is 30.5 Å². The van der Waals surface area contributed by atoms with Crippen molar-refractivity contribution < 1.29 is 9.47 Å². The molecule has 3 heteroatoms. The van der Waals surface area contributed by atoms with Gasteiger partial charge in [0.1, 0.15) is 11.9 Å². The van der Waals surface area contributed by atoms with E-state index in [0.29, 0.717) is 12.1 Å². The van der Waals surface area contributed by atoms with Crippen LogP contribution in [0, 0.1) is 0 Å². The summed E-state index contributed by atoms with van der Waals surface area (Å²) in [6.07, 6.45) is 6.12. The molecule has 0 amide bonds. The molecule has 2 fully saturated rings. The molecule has 1 saturated heterocycles. The molecular weight excluding hydrogens is 262 g/mol. The maximum absolute atomic E-state index is 6.23. The molecule has 21 heavy (non-hydrogen) atoms. The molecule has 116 valence electrons. The number of benzene rings is 1. The van der Waals surface area contributed by atoms with Gasteiger partial charge in [-0.3, -0.25) is 0 Å². The second-order valence-electron chi connectivity index (χ2n) is 6.80. The Morgan fingerprint density at radius 2 is 2.24 bits per heavy atom. The Hall–Kier alpha value is -1.06. The van der Waals surface area contributed by atoms with E-state index in [-0.39, 0.29) is 5.60 Å². The van der Waals surface area contributed by atoms with Crippen LogP contribution in [0.1, 0.15) is 51.5 Å². The van der Waals surface area contributed by atoms with E-state index >= 15 is 0 Å². The summed E-state index contributed by atoms with van der Waals surface area (Å²) >= 11 is 0. The highest BCUT2D eigenvalue weighted by Gasteiger charge is 2.43. The van der Waals surface area contributed by atoms with E-state index < -0.39 is 0 Å². The van der Waals surface area contributed by atoms with Gasteiger partial charge in [0.05, 0.1) is 12.2 Å². The second kappa shape index (κ2) is 6.37. The van der Waals surface area contributed by atoms with Crippen molar-refractivity contribution in [1.82, 2.24) is 5.32 Å². The third kappa shape index (κ3) is 3.78. The van der Waals surface area contributed by atoms with Crippen molar-refractivity contribution in [3.8, 4) is 5.75 Å². The molecule has 1 unspecified atom stereocenters. The summed E-state index contributed by atoms with van der Waals surface area (Å²) in [5.74, 6) is 0.999. The van der Waals surface area contributed by atoms with Crippen LogP contribution in [-0.2, 0) is 11.3 Å². The van der Waals surface area contributed by atoms with Crippen molar-refractivity contribution in [1.29, 1.82) is 0 Å². The number of hydrogen-bond donors (Lipinski definition) is 1. The minimum atomic E-state index is 0.153. The fourth-order valence-corrected chi connectivity index (χ4v) is 3.25. The van der Waals surface area contributed by atoms with Gasteiger partial charge >= 0.3 is 0 Å². The highest BCUT2D eigenvalue weighted by molar-refractivity contribution is 5.28. The van der Waals surface area contributed by atoms with E-state index in [4.69, 9.17) is 9.47 Å². The summed E-state index contributed by atoms with van der Waals surface area (Å²) in [7, 11) is 0. The van der Waals surface area contributed by atoms with Gasteiger partial charge in [0.25, 0.3) is 0 Å². The molecule has 1 aliphatic heterocycles. The molecule has 1 aliphatic carbocycles. The molecule has 0 bridgehead atoms. The van der Waals surface area contributed by atoms with Gasteiger partial charge in [0, 0.05) is 25.4 Å². The molecular formula is C18H27NO2. The minimum absolute atomic E-state index is 0.153. The fourth-order valence-electron chi connectivity index (χ4n) is 3.25. The SMILES string of the molecule is CC(C)NCc1cccc(OC2CCOC3(CCC3)C2)c1. The maximum Gasteiger partial charge on any atom is 0.120 e. The third-order valence-corrected chi connectivity index (χ3v) is 4.63. The first-order valence-corrected chi connectivity index (χ1v) is 8.28. The van der Waals surface area contributed by atoms with E-state index in [2.05, 4.69) is 43.4 Å². The van der Waals surface area contributed by atoms with Crippen LogP contribution in [-0.4, -0.2) is 24.4 Å². The average molecular weight is 289 g/mol. The molecule has 1 N–H and O–H groups in total. The molecule has 0 radical (unpaired) electrons. The zero-order chi connectivity index (χ0) is 14.7. The Bertz CT molecular complexity index is 468. The highest BCUT2D eigenvalue weighted by Crippen LogP contribution is 2.43. The highest BCUT2D eigenvalue weighted by atomic mass is 16.5. The van der Waals surface area contributed by atoms with E-state index in [1.54, 1.807) is 0 Å². The van der Waals surface area contributed by atoms with E-state index in [0.717, 1.165) is 31.7 Å². The lowest BCUT2D eigenvalue weighted by Gasteiger charge is -2.46. The second-order valence-corrected chi connectivity index (χ2v) is 6.80. The van der Waals surface area contributed by atoms with Crippen molar-refractivity contribution in [2.75, 3.05) is 6.61 Å². The zero-order valence-electron chi connectivity index (χ0n) is 13.2. The zero-order valence-corrected chi connectivity index (χ0v) is 13.2. The Balaban J connectivity index is 1.58. The van der Waals surface area contributed by atoms with Crippen molar-refractivity contribution in [3.05, 3.63) is 29.8 Å². The summed E-state index contributed by atoms with van der Waals surface area (Å²) in [5.41, 5.74) is 1.44. The molecule has 0 aromatic heterocycles. The van der Waals surface area contributed by atoms with Crippen LogP contribution < -0.4 is 10.1 Å². The van der Waals surface area contributed by atoms with E-state index in [9.17, 15) is 0 Å². The first kappa shape index (κ1) is 14.9. The molecule has 1 saturated carbocycles. The Morgan fingerprint density at radius 3 is 2.95 bits per heavy atom. The molecule has 1 aromatic carbocycles. The van der Waals surface area contributed by atoms with Crippen molar-refractivity contribution in [2.24, 2.45) is 0 Å². The molecule has 3 nitrogen and oxygen atoms in total. The summed E-state index contributed by atoms with van der Waals surface area (Å²) in [4.78, 5) is 0. The molecule has 1 atom stereocenters. The fraction of sp³-hybridized carbons (Fsp3) is 0.667. The Kier molecular flexibility index (Phi) is 4.51. The van der Waals surface area contributed by atoms with Gasteiger partial charge in [0.15, 0.2) is 0 Å². The van der Waals surface area contributed by atoms with Crippen LogP contribution in [0.4, 0.5) is 0 Å². The van der Waals surface area contributed by atoms with Crippen LogP contribution in [0.3, 0.4) is 0 Å². The van der Waals surface area contributed by atoms with Crippen molar-refractivity contribution in [2.45, 2.75) is 70.2 Å². The lowest BCUT2D eigenvalue weighted by atomic mass is 9.74. The summed E-state index contributed by atoms with van der Waals surface area (Å²) in [6.45, 7) is 6.08. The average Bonchev–Trinajstić information content (AvgIpc) is 2.44. The number of nitrogens with one attached hydrogen (secondary N) is 1. The predicted octanol–water partition coefficient (Wildman–Crippen LogP) is 3.67. The lowest BCUT2D eigenvalue weighted by Crippen LogP contribution is -2.48. The van der Waals surface area contributed by atoms with Crippen LogP contribution in [0.5, 0.6) is 5.75 Å². The van der Waals surface area contributed by atoms with Gasteiger partial charge < -0.3 is 14.8 Å². The van der Waals surface area contributed by atoms with Gasteiger partial charge in [-0.05, 0) is 37.0 Å². The van der Waals surface area contributed by atoms with Crippen molar-refractivity contribution in [3.63, 3.8) is 0 Å². The van der Waals surface area contributed by atoms with E-state index in [1.165, 1.54) is 24.8 Å². The summed E-state index contributed by atoms with van der Waals surface area (Å²) < 4.78 is 12.2. The van der Waals surface area contributed by atoms with Crippen LogP contribution in [0.25, 0.3) is 0 Å². The normalized spacial score (nSPS) is 24.0. The molecule has 3 rings (SSSR count). The smallest absolute Gasteiger partial charge is 0.120 e. The van der Waals surface area contributed by atoms with Gasteiger partial charge in [0.2, 0.25) is 0 Å². The maximum atomic E-state index is 6.23. The van der Waals surface area contributed by atoms with Crippen LogP contribution in [0.15, 0.2) is 24.3 Å².